The van der Waals surface area contributed by atoms with Crippen LogP contribution in [0, 0.1) is 5.41 Å². The molecule has 18 heavy (non-hydrogen) atoms. The fraction of sp³-hybridized carbons (Fsp3) is 0.438. The third-order valence-electron chi connectivity index (χ3n) is 3.29. The summed E-state index contributed by atoms with van der Waals surface area (Å²) in [6.07, 6.45) is 4.32. The number of methoxy groups -OCH3 is 1. The predicted octanol–water partition coefficient (Wildman–Crippen LogP) is 3.55. The van der Waals surface area contributed by atoms with Crippen LogP contribution >= 0.6 is 0 Å². The minimum absolute atomic E-state index is 0.0973. The second kappa shape index (κ2) is 4.97. The van der Waals surface area contributed by atoms with Crippen molar-refractivity contribution < 1.29 is 9.53 Å². The van der Waals surface area contributed by atoms with E-state index in [-0.39, 0.29) is 11.2 Å². The summed E-state index contributed by atoms with van der Waals surface area (Å²) >= 11 is 0. The molecule has 1 aliphatic rings. The number of ketones is 1. The van der Waals surface area contributed by atoms with Crippen LogP contribution in [0.2, 0.25) is 0 Å². The van der Waals surface area contributed by atoms with Crippen LogP contribution < -0.4 is 4.74 Å². The Labute approximate surface area is 109 Å². The highest BCUT2D eigenvalue weighted by Crippen LogP contribution is 2.35. The summed E-state index contributed by atoms with van der Waals surface area (Å²) in [5.41, 5.74) is 2.52. The lowest BCUT2D eigenvalue weighted by atomic mass is 9.75. The van der Waals surface area contributed by atoms with Crippen molar-refractivity contribution in [3.05, 3.63) is 41.5 Å². The molecule has 1 aromatic carbocycles. The molecule has 0 N–H and O–H groups in total. The first-order valence-electron chi connectivity index (χ1n) is 6.34. The summed E-state index contributed by atoms with van der Waals surface area (Å²) in [7, 11) is 1.67. The molecule has 2 heteroatoms. The van der Waals surface area contributed by atoms with E-state index in [4.69, 9.17) is 4.74 Å². The molecule has 1 aliphatic carbocycles. The zero-order chi connectivity index (χ0) is 13.2. The van der Waals surface area contributed by atoms with Crippen molar-refractivity contribution in [2.24, 2.45) is 5.41 Å². The van der Waals surface area contributed by atoms with Crippen LogP contribution in [-0.2, 0) is 11.2 Å². The monoisotopic (exact) mass is 244 g/mol. The van der Waals surface area contributed by atoms with Crippen LogP contribution in [0.4, 0.5) is 0 Å². The average molecular weight is 244 g/mol. The Hall–Kier alpha value is -1.57. The SMILES string of the molecule is COc1cccc(CC2=CC(=O)CC(C)(C)C2)c1. The van der Waals surface area contributed by atoms with E-state index in [9.17, 15) is 4.79 Å². The molecule has 0 amide bonds. The summed E-state index contributed by atoms with van der Waals surface area (Å²) in [5, 5.41) is 0. The Balaban J connectivity index is 2.15. The fourth-order valence-corrected chi connectivity index (χ4v) is 2.64. The molecule has 0 saturated heterocycles. The van der Waals surface area contributed by atoms with Gasteiger partial charge in [-0.2, -0.15) is 0 Å². The van der Waals surface area contributed by atoms with Crippen LogP contribution in [0.5, 0.6) is 5.75 Å². The van der Waals surface area contributed by atoms with E-state index < -0.39 is 0 Å². The molecule has 0 aliphatic heterocycles. The number of rotatable bonds is 3. The third-order valence-corrected chi connectivity index (χ3v) is 3.29. The molecule has 0 spiro atoms. The highest BCUT2D eigenvalue weighted by atomic mass is 16.5. The van der Waals surface area contributed by atoms with Crippen LogP contribution in [-0.4, -0.2) is 12.9 Å². The third kappa shape index (κ3) is 3.22. The number of ether oxygens (including phenoxy) is 1. The first-order chi connectivity index (χ1) is 8.48. The lowest BCUT2D eigenvalue weighted by Crippen LogP contribution is -2.22. The minimum atomic E-state index is 0.0973. The number of carbonyl (C=O) groups is 1. The zero-order valence-corrected chi connectivity index (χ0v) is 11.3. The van der Waals surface area contributed by atoms with E-state index in [1.54, 1.807) is 7.11 Å². The standard InChI is InChI=1S/C16H20O2/c1-16(2)10-13(8-14(17)11-16)7-12-5-4-6-15(9-12)18-3/h4-6,8-9H,7,10-11H2,1-3H3. The molecule has 0 fully saturated rings. The molecule has 0 saturated carbocycles. The number of carbonyl (C=O) groups excluding carboxylic acids is 1. The van der Waals surface area contributed by atoms with Crippen molar-refractivity contribution in [1.29, 1.82) is 0 Å². The van der Waals surface area contributed by atoms with Crippen LogP contribution in [0.15, 0.2) is 35.9 Å². The van der Waals surface area contributed by atoms with Gasteiger partial charge in [-0.3, -0.25) is 4.79 Å². The van der Waals surface area contributed by atoms with E-state index in [2.05, 4.69) is 19.9 Å². The molecule has 0 bridgehead atoms. The lowest BCUT2D eigenvalue weighted by Gasteiger charge is -2.28. The normalized spacial score (nSPS) is 18.4. The Bertz CT molecular complexity index is 484. The first kappa shape index (κ1) is 12.9. The van der Waals surface area contributed by atoms with E-state index in [1.807, 2.05) is 24.3 Å². The topological polar surface area (TPSA) is 26.3 Å². The van der Waals surface area contributed by atoms with Gasteiger partial charge in [-0.25, -0.2) is 0 Å². The second-order valence-corrected chi connectivity index (χ2v) is 5.81. The quantitative estimate of drug-likeness (QED) is 0.812. The highest BCUT2D eigenvalue weighted by molar-refractivity contribution is 5.91. The van der Waals surface area contributed by atoms with Gasteiger partial charge in [0.25, 0.3) is 0 Å². The molecule has 0 heterocycles. The maximum atomic E-state index is 11.7. The fourth-order valence-electron chi connectivity index (χ4n) is 2.64. The molecule has 0 atom stereocenters. The van der Waals surface area contributed by atoms with Gasteiger partial charge in [0, 0.05) is 6.42 Å². The summed E-state index contributed by atoms with van der Waals surface area (Å²) in [5.74, 6) is 1.12. The molecule has 2 nitrogen and oxygen atoms in total. The van der Waals surface area contributed by atoms with E-state index >= 15 is 0 Å². The average Bonchev–Trinajstić information content (AvgIpc) is 2.26. The maximum Gasteiger partial charge on any atom is 0.156 e. The summed E-state index contributed by atoms with van der Waals surface area (Å²) in [6.45, 7) is 4.31. The minimum Gasteiger partial charge on any atom is -0.497 e. The Kier molecular flexibility index (Phi) is 3.55. The molecule has 1 aromatic rings. The van der Waals surface area contributed by atoms with Gasteiger partial charge in [-0.15, -0.1) is 0 Å². The van der Waals surface area contributed by atoms with Gasteiger partial charge in [0.2, 0.25) is 0 Å². The van der Waals surface area contributed by atoms with Crippen molar-refractivity contribution in [3.63, 3.8) is 0 Å². The van der Waals surface area contributed by atoms with Crippen molar-refractivity contribution >= 4 is 5.78 Å². The van der Waals surface area contributed by atoms with Crippen molar-refractivity contribution in [2.45, 2.75) is 33.1 Å². The number of hydrogen-bond acceptors (Lipinski definition) is 2. The number of benzene rings is 1. The van der Waals surface area contributed by atoms with Gasteiger partial charge in [-0.05, 0) is 42.0 Å². The summed E-state index contributed by atoms with van der Waals surface area (Å²) in [6, 6.07) is 8.04. The van der Waals surface area contributed by atoms with Gasteiger partial charge in [0.1, 0.15) is 5.75 Å². The van der Waals surface area contributed by atoms with E-state index in [1.165, 1.54) is 11.1 Å². The molecule has 0 radical (unpaired) electrons. The van der Waals surface area contributed by atoms with Gasteiger partial charge in [0.15, 0.2) is 5.78 Å². The van der Waals surface area contributed by atoms with Crippen molar-refractivity contribution in [3.8, 4) is 5.75 Å². The Morgan fingerprint density at radius 1 is 1.28 bits per heavy atom. The smallest absolute Gasteiger partial charge is 0.156 e. The van der Waals surface area contributed by atoms with E-state index in [0.717, 1.165) is 18.6 Å². The van der Waals surface area contributed by atoms with Crippen LogP contribution in [0.3, 0.4) is 0 Å². The molecular formula is C16H20O2. The first-order valence-corrected chi connectivity index (χ1v) is 6.34. The van der Waals surface area contributed by atoms with E-state index in [0.29, 0.717) is 6.42 Å². The summed E-state index contributed by atoms with van der Waals surface area (Å²) < 4.78 is 5.22. The molecule has 96 valence electrons. The van der Waals surface area contributed by atoms with Gasteiger partial charge in [0.05, 0.1) is 7.11 Å². The maximum absolute atomic E-state index is 11.7. The molecule has 0 unspecified atom stereocenters. The van der Waals surface area contributed by atoms with Gasteiger partial charge in [-0.1, -0.05) is 31.6 Å². The van der Waals surface area contributed by atoms with Crippen molar-refractivity contribution in [1.82, 2.24) is 0 Å². The largest absolute Gasteiger partial charge is 0.497 e. The Morgan fingerprint density at radius 3 is 2.72 bits per heavy atom. The Morgan fingerprint density at radius 2 is 2.06 bits per heavy atom. The predicted molar refractivity (Wildman–Crippen MR) is 72.8 cm³/mol. The zero-order valence-electron chi connectivity index (χ0n) is 11.3. The molecular weight excluding hydrogens is 224 g/mol. The molecule has 0 aromatic heterocycles. The molecule has 2 rings (SSSR count). The van der Waals surface area contributed by atoms with Gasteiger partial charge >= 0.3 is 0 Å². The second-order valence-electron chi connectivity index (χ2n) is 5.81. The summed E-state index contributed by atoms with van der Waals surface area (Å²) in [4.78, 5) is 11.7. The lowest BCUT2D eigenvalue weighted by molar-refractivity contribution is -0.117. The van der Waals surface area contributed by atoms with Gasteiger partial charge < -0.3 is 4.74 Å². The number of allylic oxidation sites excluding steroid dienone is 2. The highest BCUT2D eigenvalue weighted by Gasteiger charge is 2.27. The van der Waals surface area contributed by atoms with Crippen molar-refractivity contribution in [2.75, 3.05) is 7.11 Å². The number of hydrogen-bond donors (Lipinski definition) is 0. The van der Waals surface area contributed by atoms with Crippen LogP contribution in [0.1, 0.15) is 32.3 Å². The van der Waals surface area contributed by atoms with Crippen LogP contribution in [0.25, 0.3) is 0 Å².